The zero-order valence-corrected chi connectivity index (χ0v) is 16.4. The van der Waals surface area contributed by atoms with Crippen LogP contribution >= 0.6 is 69.7 Å². The Morgan fingerprint density at radius 2 is 1.54 bits per heavy atom. The fourth-order valence-electron chi connectivity index (χ4n) is 2.00. The lowest BCUT2D eigenvalue weighted by atomic mass is 10.1. The molecule has 122 valence electrons. The van der Waals surface area contributed by atoms with E-state index >= 15 is 0 Å². The molecule has 3 aromatic rings. The van der Waals surface area contributed by atoms with E-state index in [9.17, 15) is 4.79 Å². The third-order valence-electron chi connectivity index (χ3n) is 3.09. The van der Waals surface area contributed by atoms with E-state index in [4.69, 9.17) is 46.4 Å². The van der Waals surface area contributed by atoms with Gasteiger partial charge in [-0.25, -0.2) is 0 Å². The van der Waals surface area contributed by atoms with Gasteiger partial charge in [-0.15, -0.1) is 0 Å². The smallest absolute Gasteiger partial charge is 0.228 e. The van der Waals surface area contributed by atoms with Gasteiger partial charge in [0.25, 0.3) is 0 Å². The van der Waals surface area contributed by atoms with E-state index < -0.39 is 0 Å². The van der Waals surface area contributed by atoms with Gasteiger partial charge in [0.1, 0.15) is 0 Å². The molecule has 24 heavy (non-hydrogen) atoms. The number of aromatic nitrogens is 1. The highest BCUT2D eigenvalue weighted by molar-refractivity contribution is 8.14. The molecule has 0 aliphatic carbocycles. The minimum absolute atomic E-state index is 0.135. The van der Waals surface area contributed by atoms with Crippen molar-refractivity contribution in [2.45, 2.75) is 4.90 Å². The van der Waals surface area contributed by atoms with Gasteiger partial charge in [-0.2, -0.15) is 4.37 Å². The Morgan fingerprint density at radius 1 is 0.917 bits per heavy atom. The highest BCUT2D eigenvalue weighted by Gasteiger charge is 2.24. The summed E-state index contributed by atoms with van der Waals surface area (Å²) in [5, 5.41) is 1.17. The lowest BCUT2D eigenvalue weighted by molar-refractivity contribution is 0.109. The summed E-state index contributed by atoms with van der Waals surface area (Å²) in [6.45, 7) is 0. The third-order valence-corrected chi connectivity index (χ3v) is 6.56. The van der Waals surface area contributed by atoms with Crippen molar-refractivity contribution in [1.82, 2.24) is 4.37 Å². The first kappa shape index (κ1) is 18.1. The second kappa shape index (κ2) is 7.65. The molecule has 0 spiro atoms. The van der Waals surface area contributed by atoms with Crippen LogP contribution in [0, 0.1) is 0 Å². The molecule has 0 unspecified atom stereocenters. The molecule has 0 aliphatic rings. The van der Waals surface area contributed by atoms with Gasteiger partial charge in [0.15, 0.2) is 5.15 Å². The zero-order chi connectivity index (χ0) is 17.3. The fraction of sp³-hybridized carbons (Fsp3) is 0. The number of rotatable bonds is 3. The van der Waals surface area contributed by atoms with E-state index in [0.717, 1.165) is 23.3 Å². The van der Waals surface area contributed by atoms with E-state index in [1.54, 1.807) is 24.3 Å². The summed E-state index contributed by atoms with van der Waals surface area (Å²) in [5.74, 6) is 0. The number of hydrogen-bond acceptors (Lipinski definition) is 4. The lowest BCUT2D eigenvalue weighted by Crippen LogP contribution is -1.96. The molecule has 0 bridgehead atoms. The van der Waals surface area contributed by atoms with E-state index in [0.29, 0.717) is 36.0 Å². The molecule has 3 rings (SSSR count). The predicted molar refractivity (Wildman–Crippen MR) is 104 cm³/mol. The Kier molecular flexibility index (Phi) is 5.75. The van der Waals surface area contributed by atoms with E-state index in [2.05, 4.69) is 4.37 Å². The minimum Gasteiger partial charge on any atom is -0.281 e. The summed E-state index contributed by atoms with van der Waals surface area (Å²) in [5.41, 5.74) is 1.01. The average molecular weight is 435 g/mol. The Bertz CT molecular complexity index is 906. The summed E-state index contributed by atoms with van der Waals surface area (Å²) in [4.78, 5) is 13.9. The highest BCUT2D eigenvalue weighted by atomic mass is 35.5. The van der Waals surface area contributed by atoms with Crippen molar-refractivity contribution < 1.29 is 4.79 Å². The summed E-state index contributed by atoms with van der Waals surface area (Å²) >= 11 is 26.7. The van der Waals surface area contributed by atoms with E-state index in [1.807, 2.05) is 18.2 Å². The normalized spacial score (nSPS) is 10.8. The van der Waals surface area contributed by atoms with Crippen LogP contribution in [-0.4, -0.2) is 9.49 Å². The maximum Gasteiger partial charge on any atom is 0.228 e. The minimum atomic E-state index is -0.293. The molecule has 0 atom stereocenters. The summed E-state index contributed by atoms with van der Waals surface area (Å²) in [6.07, 6.45) is 0. The van der Waals surface area contributed by atoms with Crippen molar-refractivity contribution in [1.29, 1.82) is 0 Å². The molecule has 1 aromatic heterocycles. The number of carbonyl (C=O) groups excluding carboxylic acids is 1. The van der Waals surface area contributed by atoms with Gasteiger partial charge in [0.05, 0.1) is 25.4 Å². The highest BCUT2D eigenvalue weighted by Crippen LogP contribution is 2.42. The molecule has 0 saturated carbocycles. The van der Waals surface area contributed by atoms with Gasteiger partial charge >= 0.3 is 0 Å². The molecule has 0 N–H and O–H groups in total. The van der Waals surface area contributed by atoms with Gasteiger partial charge in [-0.3, -0.25) is 4.79 Å². The number of hydrogen-bond donors (Lipinski definition) is 0. The van der Waals surface area contributed by atoms with Crippen LogP contribution in [0.4, 0.5) is 0 Å². The number of thioether (sulfide) groups is 1. The molecule has 2 nitrogen and oxygen atoms in total. The maximum absolute atomic E-state index is 12.8. The van der Waals surface area contributed by atoms with Crippen molar-refractivity contribution in [3.05, 3.63) is 68.2 Å². The van der Waals surface area contributed by atoms with E-state index in [-0.39, 0.29) is 10.3 Å². The molecule has 0 saturated heterocycles. The van der Waals surface area contributed by atoms with Crippen LogP contribution < -0.4 is 0 Å². The number of benzene rings is 2. The Morgan fingerprint density at radius 3 is 2.21 bits per heavy atom. The van der Waals surface area contributed by atoms with Crippen LogP contribution in [0.1, 0.15) is 10.4 Å². The van der Waals surface area contributed by atoms with Crippen LogP contribution in [0.25, 0.3) is 10.4 Å². The maximum atomic E-state index is 12.8. The first-order valence-electron chi connectivity index (χ1n) is 6.55. The van der Waals surface area contributed by atoms with Gasteiger partial charge < -0.3 is 0 Å². The lowest BCUT2D eigenvalue weighted by Gasteiger charge is -2.07. The zero-order valence-electron chi connectivity index (χ0n) is 11.7. The molecule has 0 radical (unpaired) electrons. The van der Waals surface area contributed by atoms with Gasteiger partial charge in [0, 0.05) is 10.6 Å². The van der Waals surface area contributed by atoms with Crippen molar-refractivity contribution in [2.75, 3.05) is 0 Å². The van der Waals surface area contributed by atoms with Crippen molar-refractivity contribution in [3.8, 4) is 10.4 Å². The molecule has 0 aliphatic heterocycles. The summed E-state index contributed by atoms with van der Waals surface area (Å²) in [6, 6.07) is 12.3. The molecular formula is C16H7Cl4NOS2. The first-order chi connectivity index (χ1) is 11.5. The largest absolute Gasteiger partial charge is 0.281 e. The Hall–Kier alpha value is -0.750. The quantitative estimate of drug-likeness (QED) is 0.403. The van der Waals surface area contributed by atoms with Gasteiger partial charge in [0.2, 0.25) is 5.12 Å². The SMILES string of the molecule is O=C(Sc1c(Cl)cccc1Cl)c1c(Cl)nsc1-c1ccccc1Cl. The molecule has 1 heterocycles. The van der Waals surface area contributed by atoms with Crippen molar-refractivity contribution in [2.24, 2.45) is 0 Å². The van der Waals surface area contributed by atoms with Crippen LogP contribution in [0.3, 0.4) is 0 Å². The standard InChI is InChI=1S/C16H7Cl4NOS2/c17-9-5-2-1-4-8(9)13-12(15(20)21-24-13)16(22)23-14-10(18)6-3-7-11(14)19/h1-7H. The van der Waals surface area contributed by atoms with Gasteiger partial charge in [-0.1, -0.05) is 70.7 Å². The number of carbonyl (C=O) groups is 1. The average Bonchev–Trinajstić information content (AvgIpc) is 2.93. The fourth-order valence-corrected chi connectivity index (χ4v) is 5.01. The third kappa shape index (κ3) is 3.59. The van der Waals surface area contributed by atoms with Crippen molar-refractivity contribution in [3.63, 3.8) is 0 Å². The predicted octanol–water partition coefficient (Wildman–Crippen LogP) is 7.36. The van der Waals surface area contributed by atoms with Crippen molar-refractivity contribution >= 4 is 74.8 Å². The number of halogens is 4. The molecule has 2 aromatic carbocycles. The Balaban J connectivity index is 2.03. The van der Waals surface area contributed by atoms with E-state index in [1.165, 1.54) is 0 Å². The van der Waals surface area contributed by atoms with Crippen LogP contribution in [0.15, 0.2) is 47.4 Å². The topological polar surface area (TPSA) is 30.0 Å². The van der Waals surface area contributed by atoms with Crippen LogP contribution in [-0.2, 0) is 0 Å². The van der Waals surface area contributed by atoms with Gasteiger partial charge in [-0.05, 0) is 41.5 Å². The summed E-state index contributed by atoms with van der Waals surface area (Å²) < 4.78 is 4.09. The van der Waals surface area contributed by atoms with Crippen LogP contribution in [0.2, 0.25) is 20.2 Å². The molecule has 0 fully saturated rings. The summed E-state index contributed by atoms with van der Waals surface area (Å²) in [7, 11) is 0. The molecule has 0 amide bonds. The number of nitrogens with zero attached hydrogens (tertiary/aromatic N) is 1. The Labute approximate surface area is 166 Å². The molecular weight excluding hydrogens is 428 g/mol. The molecule has 8 heteroatoms. The first-order valence-corrected chi connectivity index (χ1v) is 9.65. The van der Waals surface area contributed by atoms with Crippen LogP contribution in [0.5, 0.6) is 0 Å². The monoisotopic (exact) mass is 433 g/mol. The second-order valence-corrected chi connectivity index (χ2v) is 7.93. The second-order valence-electron chi connectivity index (χ2n) is 4.60.